The lowest BCUT2D eigenvalue weighted by molar-refractivity contribution is 0.0826. The number of phenols is 1. The Kier molecular flexibility index (Phi) is 3.26. The predicted molar refractivity (Wildman–Crippen MR) is 89.5 cm³/mol. The molecule has 0 aliphatic carbocycles. The van der Waals surface area contributed by atoms with Gasteiger partial charge in [-0.15, -0.1) is 0 Å². The van der Waals surface area contributed by atoms with Crippen LogP contribution in [0.3, 0.4) is 0 Å². The van der Waals surface area contributed by atoms with Crippen LogP contribution in [0.15, 0.2) is 36.4 Å². The third kappa shape index (κ3) is 2.54. The van der Waals surface area contributed by atoms with Crippen molar-refractivity contribution < 1.29 is 14.6 Å². The molecular formula is C20H22O3. The lowest BCUT2D eigenvalue weighted by Crippen LogP contribution is -2.33. The van der Waals surface area contributed by atoms with E-state index >= 15 is 0 Å². The van der Waals surface area contributed by atoms with Crippen molar-refractivity contribution in [1.29, 1.82) is 0 Å². The molecule has 0 amide bonds. The highest BCUT2D eigenvalue weighted by molar-refractivity contribution is 5.53. The van der Waals surface area contributed by atoms with Crippen molar-refractivity contribution >= 4 is 0 Å². The van der Waals surface area contributed by atoms with E-state index in [9.17, 15) is 5.11 Å². The van der Waals surface area contributed by atoms with Crippen LogP contribution in [0.25, 0.3) is 0 Å². The molecular weight excluding hydrogens is 288 g/mol. The summed E-state index contributed by atoms with van der Waals surface area (Å²) in [5.74, 6) is 2.51. The first kappa shape index (κ1) is 14.4. The van der Waals surface area contributed by atoms with Crippen molar-refractivity contribution in [2.24, 2.45) is 0 Å². The number of hydrogen-bond acceptors (Lipinski definition) is 3. The summed E-state index contributed by atoms with van der Waals surface area (Å²) in [7, 11) is 0. The zero-order valence-corrected chi connectivity index (χ0v) is 13.6. The summed E-state index contributed by atoms with van der Waals surface area (Å²) in [5.41, 5.74) is 3.28. The molecule has 1 N–H and O–H groups in total. The molecule has 2 aliphatic heterocycles. The second kappa shape index (κ2) is 5.19. The molecule has 3 nitrogen and oxygen atoms in total. The minimum absolute atomic E-state index is 0.103. The maximum absolute atomic E-state index is 10.1. The maximum Gasteiger partial charge on any atom is 0.129 e. The van der Waals surface area contributed by atoms with Gasteiger partial charge >= 0.3 is 0 Å². The summed E-state index contributed by atoms with van der Waals surface area (Å²) < 4.78 is 12.2. The highest BCUT2D eigenvalue weighted by Gasteiger charge is 2.32. The Morgan fingerprint density at radius 3 is 2.78 bits per heavy atom. The van der Waals surface area contributed by atoms with E-state index in [4.69, 9.17) is 9.47 Å². The Labute approximate surface area is 136 Å². The number of ether oxygens (including phenoxy) is 2. The molecule has 0 radical (unpaired) electrons. The topological polar surface area (TPSA) is 38.7 Å². The summed E-state index contributed by atoms with van der Waals surface area (Å²) in [5, 5.41) is 10.1. The quantitative estimate of drug-likeness (QED) is 0.857. The first-order valence-corrected chi connectivity index (χ1v) is 8.28. The van der Waals surface area contributed by atoms with Gasteiger partial charge in [0, 0.05) is 17.0 Å². The van der Waals surface area contributed by atoms with Crippen LogP contribution in [-0.2, 0) is 12.8 Å². The van der Waals surface area contributed by atoms with Gasteiger partial charge in [-0.25, -0.2) is 0 Å². The molecule has 120 valence electrons. The highest BCUT2D eigenvalue weighted by atomic mass is 16.5. The van der Waals surface area contributed by atoms with Crippen LogP contribution in [-0.4, -0.2) is 17.3 Å². The van der Waals surface area contributed by atoms with Crippen LogP contribution in [0.4, 0.5) is 0 Å². The van der Waals surface area contributed by atoms with Crippen LogP contribution >= 0.6 is 0 Å². The molecule has 4 rings (SSSR count). The summed E-state index contributed by atoms with van der Waals surface area (Å²) in [6, 6.07) is 11.7. The Bertz CT molecular complexity index is 749. The molecule has 1 atom stereocenters. The number of aromatic hydroxyl groups is 1. The summed E-state index contributed by atoms with van der Waals surface area (Å²) in [4.78, 5) is 0. The minimum Gasteiger partial charge on any atom is -0.508 e. The molecule has 0 saturated carbocycles. The Balaban J connectivity index is 1.66. The van der Waals surface area contributed by atoms with E-state index in [1.807, 2.05) is 18.2 Å². The molecule has 2 heterocycles. The van der Waals surface area contributed by atoms with Crippen molar-refractivity contribution in [2.75, 3.05) is 6.61 Å². The summed E-state index contributed by atoms with van der Waals surface area (Å²) in [6.45, 7) is 4.86. The normalized spacial score (nSPS) is 21.6. The first-order valence-electron chi connectivity index (χ1n) is 8.28. The monoisotopic (exact) mass is 310 g/mol. The number of phenolic OH excluding ortho intramolecular Hbond substituents is 1. The predicted octanol–water partition coefficient (Wildman–Crippen LogP) is 4.21. The van der Waals surface area contributed by atoms with Gasteiger partial charge in [-0.05, 0) is 50.8 Å². The van der Waals surface area contributed by atoms with Crippen LogP contribution in [0, 0.1) is 0 Å². The van der Waals surface area contributed by atoms with E-state index in [1.54, 1.807) is 6.07 Å². The number of hydrogen-bond donors (Lipinski definition) is 1. The van der Waals surface area contributed by atoms with Crippen LogP contribution < -0.4 is 9.47 Å². The SMILES string of the molecule is CC1(C)CCc2c(ccc3c2OCC(c2ccccc2O)C3)O1. The lowest BCUT2D eigenvalue weighted by atomic mass is 9.86. The molecule has 0 aromatic heterocycles. The van der Waals surface area contributed by atoms with Gasteiger partial charge in [0.05, 0.1) is 6.61 Å². The fourth-order valence-electron chi connectivity index (χ4n) is 3.65. The van der Waals surface area contributed by atoms with Gasteiger partial charge < -0.3 is 14.6 Å². The molecule has 0 bridgehead atoms. The van der Waals surface area contributed by atoms with E-state index in [2.05, 4.69) is 26.0 Å². The number of para-hydroxylation sites is 1. The number of benzene rings is 2. The largest absolute Gasteiger partial charge is 0.508 e. The first-order chi connectivity index (χ1) is 11.0. The Hall–Kier alpha value is -2.16. The van der Waals surface area contributed by atoms with Gasteiger partial charge in [-0.3, -0.25) is 0 Å². The lowest BCUT2D eigenvalue weighted by Gasteiger charge is -2.35. The zero-order valence-electron chi connectivity index (χ0n) is 13.6. The standard InChI is InChI=1S/C20H22O3/c1-20(2)10-9-16-18(23-20)8-7-13-11-14(12-22-19(13)16)15-5-3-4-6-17(15)21/h3-8,14,21H,9-12H2,1-2H3. The number of rotatable bonds is 1. The highest BCUT2D eigenvalue weighted by Crippen LogP contribution is 2.44. The van der Waals surface area contributed by atoms with Gasteiger partial charge in [0.1, 0.15) is 22.8 Å². The average molecular weight is 310 g/mol. The second-order valence-electron chi connectivity index (χ2n) is 7.16. The van der Waals surface area contributed by atoms with Crippen molar-refractivity contribution in [3.8, 4) is 17.2 Å². The third-order valence-corrected chi connectivity index (χ3v) is 4.93. The maximum atomic E-state index is 10.1. The van der Waals surface area contributed by atoms with Crippen molar-refractivity contribution in [1.82, 2.24) is 0 Å². The molecule has 0 spiro atoms. The fraction of sp³-hybridized carbons (Fsp3) is 0.400. The molecule has 2 aromatic carbocycles. The second-order valence-corrected chi connectivity index (χ2v) is 7.16. The van der Waals surface area contributed by atoms with Gasteiger partial charge in [0.2, 0.25) is 0 Å². The van der Waals surface area contributed by atoms with Gasteiger partial charge in [0.25, 0.3) is 0 Å². The molecule has 1 unspecified atom stereocenters. The van der Waals surface area contributed by atoms with Crippen molar-refractivity contribution in [2.45, 2.75) is 44.6 Å². The Morgan fingerprint density at radius 2 is 1.96 bits per heavy atom. The third-order valence-electron chi connectivity index (χ3n) is 4.93. The van der Waals surface area contributed by atoms with E-state index in [0.717, 1.165) is 36.3 Å². The van der Waals surface area contributed by atoms with Gasteiger partial charge in [-0.2, -0.15) is 0 Å². The van der Waals surface area contributed by atoms with Crippen LogP contribution in [0.5, 0.6) is 17.2 Å². The van der Waals surface area contributed by atoms with E-state index in [0.29, 0.717) is 12.4 Å². The van der Waals surface area contributed by atoms with Gasteiger partial charge in [-0.1, -0.05) is 24.3 Å². The molecule has 3 heteroatoms. The van der Waals surface area contributed by atoms with Crippen LogP contribution in [0.2, 0.25) is 0 Å². The molecule has 0 saturated heterocycles. The summed E-state index contributed by atoms with van der Waals surface area (Å²) in [6.07, 6.45) is 2.89. The van der Waals surface area contributed by atoms with Crippen molar-refractivity contribution in [3.63, 3.8) is 0 Å². The van der Waals surface area contributed by atoms with Crippen LogP contribution in [0.1, 0.15) is 42.9 Å². The molecule has 23 heavy (non-hydrogen) atoms. The fourth-order valence-corrected chi connectivity index (χ4v) is 3.65. The zero-order chi connectivity index (χ0) is 16.0. The molecule has 2 aromatic rings. The van der Waals surface area contributed by atoms with E-state index in [-0.39, 0.29) is 11.5 Å². The average Bonchev–Trinajstić information content (AvgIpc) is 2.53. The number of fused-ring (bicyclic) bond motifs is 3. The molecule has 0 fully saturated rings. The van der Waals surface area contributed by atoms with Crippen molar-refractivity contribution in [3.05, 3.63) is 53.1 Å². The van der Waals surface area contributed by atoms with E-state index < -0.39 is 0 Å². The van der Waals surface area contributed by atoms with Gasteiger partial charge in [0.15, 0.2) is 0 Å². The smallest absolute Gasteiger partial charge is 0.129 e. The summed E-state index contributed by atoms with van der Waals surface area (Å²) >= 11 is 0. The molecule has 2 aliphatic rings. The minimum atomic E-state index is -0.103. The van der Waals surface area contributed by atoms with E-state index in [1.165, 1.54) is 11.1 Å². The Morgan fingerprint density at radius 1 is 1.13 bits per heavy atom.